The van der Waals surface area contributed by atoms with Crippen LogP contribution in [0.4, 0.5) is 0 Å². The van der Waals surface area contributed by atoms with E-state index >= 15 is 0 Å². The fourth-order valence-corrected chi connectivity index (χ4v) is 1.20. The van der Waals surface area contributed by atoms with Crippen LogP contribution < -0.4 is 5.32 Å². The van der Waals surface area contributed by atoms with Gasteiger partial charge in [-0.3, -0.25) is 4.79 Å². The first-order valence-corrected chi connectivity index (χ1v) is 4.44. The van der Waals surface area contributed by atoms with Gasteiger partial charge in [0.05, 0.1) is 6.61 Å². The average molecular weight is 169 g/mol. The molecule has 1 N–H and O–H groups in total. The van der Waals surface area contributed by atoms with Gasteiger partial charge in [-0.25, -0.2) is 0 Å². The molecule has 1 amide bonds. The zero-order chi connectivity index (χ0) is 8.81. The molecule has 0 aromatic heterocycles. The third kappa shape index (κ3) is 2.95. The summed E-state index contributed by atoms with van der Waals surface area (Å²) >= 11 is 0. The minimum atomic E-state index is -0.0295. The quantitative estimate of drug-likeness (QED) is 0.674. The van der Waals surface area contributed by atoms with Gasteiger partial charge in [0.15, 0.2) is 0 Å². The Balaban J connectivity index is 2.53. The molecule has 0 saturated heterocycles. The van der Waals surface area contributed by atoms with Crippen molar-refractivity contribution in [3.05, 3.63) is 11.8 Å². The van der Waals surface area contributed by atoms with Crippen molar-refractivity contribution in [3.8, 4) is 0 Å². The summed E-state index contributed by atoms with van der Waals surface area (Å²) in [5.74, 6) is 0.785. The number of carbonyl (C=O) groups excluding carboxylic acids is 1. The van der Waals surface area contributed by atoms with Gasteiger partial charge < -0.3 is 10.1 Å². The normalized spacial score (nSPS) is 23.1. The molecule has 1 aliphatic rings. The molecule has 0 fully saturated rings. The van der Waals surface area contributed by atoms with Crippen LogP contribution >= 0.6 is 0 Å². The minimum Gasteiger partial charge on any atom is -0.498 e. The van der Waals surface area contributed by atoms with Crippen LogP contribution in [-0.4, -0.2) is 19.1 Å². The molecule has 0 aromatic carbocycles. The molecule has 0 unspecified atom stereocenters. The molecule has 1 rings (SSSR count). The van der Waals surface area contributed by atoms with Crippen molar-refractivity contribution in [2.45, 2.75) is 26.2 Å². The van der Waals surface area contributed by atoms with E-state index in [2.05, 4.69) is 5.32 Å². The van der Waals surface area contributed by atoms with Crippen molar-refractivity contribution in [1.29, 1.82) is 0 Å². The molecule has 0 saturated carbocycles. The lowest BCUT2D eigenvalue weighted by Crippen LogP contribution is -2.24. The number of hydrogen-bond acceptors (Lipinski definition) is 2. The maximum absolute atomic E-state index is 11.1. The fourth-order valence-electron chi connectivity index (χ4n) is 1.20. The van der Waals surface area contributed by atoms with Crippen LogP contribution in [0, 0.1) is 0 Å². The molecule has 0 atom stereocenters. The molecule has 12 heavy (non-hydrogen) atoms. The maximum atomic E-state index is 11.1. The molecule has 0 spiro atoms. The van der Waals surface area contributed by atoms with Gasteiger partial charge >= 0.3 is 0 Å². The van der Waals surface area contributed by atoms with Crippen LogP contribution in [0.3, 0.4) is 0 Å². The second-order valence-corrected chi connectivity index (χ2v) is 2.79. The van der Waals surface area contributed by atoms with E-state index in [1.165, 1.54) is 0 Å². The Morgan fingerprint density at radius 2 is 2.42 bits per heavy atom. The molecule has 0 radical (unpaired) electrons. The monoisotopic (exact) mass is 169 g/mol. The van der Waals surface area contributed by atoms with Crippen LogP contribution in [0.5, 0.6) is 0 Å². The SMILES string of the molecule is CCO/C1=C/C(=O)NCCCC1. The zero-order valence-corrected chi connectivity index (χ0v) is 7.43. The van der Waals surface area contributed by atoms with Crippen LogP contribution in [0.1, 0.15) is 26.2 Å². The molecule has 68 valence electrons. The lowest BCUT2D eigenvalue weighted by molar-refractivity contribution is -0.116. The Bertz CT molecular complexity index is 187. The number of amides is 1. The summed E-state index contributed by atoms with van der Waals surface area (Å²) < 4.78 is 5.29. The molecule has 1 heterocycles. The van der Waals surface area contributed by atoms with Gasteiger partial charge in [0, 0.05) is 19.0 Å². The Morgan fingerprint density at radius 3 is 3.17 bits per heavy atom. The van der Waals surface area contributed by atoms with Crippen LogP contribution in [0.15, 0.2) is 11.8 Å². The van der Waals surface area contributed by atoms with E-state index in [4.69, 9.17) is 4.74 Å². The topological polar surface area (TPSA) is 38.3 Å². The number of rotatable bonds is 2. The summed E-state index contributed by atoms with van der Waals surface area (Å²) in [6, 6.07) is 0. The van der Waals surface area contributed by atoms with Crippen LogP contribution in [0.25, 0.3) is 0 Å². The largest absolute Gasteiger partial charge is 0.498 e. The zero-order valence-electron chi connectivity index (χ0n) is 7.43. The van der Waals surface area contributed by atoms with Gasteiger partial charge in [-0.2, -0.15) is 0 Å². The molecule has 0 aliphatic carbocycles. The molecule has 0 aromatic rings. The third-order valence-corrected chi connectivity index (χ3v) is 1.77. The lowest BCUT2D eigenvalue weighted by Gasteiger charge is -2.11. The number of allylic oxidation sites excluding steroid dienone is 1. The van der Waals surface area contributed by atoms with Crippen molar-refractivity contribution < 1.29 is 9.53 Å². The summed E-state index contributed by atoms with van der Waals surface area (Å²) in [6.07, 6.45) is 4.58. The maximum Gasteiger partial charge on any atom is 0.247 e. The highest BCUT2D eigenvalue weighted by Crippen LogP contribution is 2.10. The predicted octanol–water partition coefficient (Wildman–Crippen LogP) is 1.21. The van der Waals surface area contributed by atoms with E-state index in [9.17, 15) is 4.79 Å². The Morgan fingerprint density at radius 1 is 1.58 bits per heavy atom. The van der Waals surface area contributed by atoms with Crippen molar-refractivity contribution >= 4 is 5.91 Å². The van der Waals surface area contributed by atoms with Crippen molar-refractivity contribution in [2.24, 2.45) is 0 Å². The van der Waals surface area contributed by atoms with E-state index in [-0.39, 0.29) is 5.91 Å². The average Bonchev–Trinajstić information content (AvgIpc) is 2.00. The lowest BCUT2D eigenvalue weighted by atomic mass is 10.2. The fraction of sp³-hybridized carbons (Fsp3) is 0.667. The van der Waals surface area contributed by atoms with Crippen LogP contribution in [-0.2, 0) is 9.53 Å². The molecule has 3 nitrogen and oxygen atoms in total. The summed E-state index contributed by atoms with van der Waals surface area (Å²) in [7, 11) is 0. The van der Waals surface area contributed by atoms with Gasteiger partial charge in [0.25, 0.3) is 0 Å². The highest BCUT2D eigenvalue weighted by atomic mass is 16.5. The molecular weight excluding hydrogens is 154 g/mol. The number of hydrogen-bond donors (Lipinski definition) is 1. The predicted molar refractivity (Wildman–Crippen MR) is 46.6 cm³/mol. The summed E-state index contributed by atoms with van der Waals surface area (Å²) in [4.78, 5) is 11.1. The van der Waals surface area contributed by atoms with E-state index in [0.717, 1.165) is 31.6 Å². The van der Waals surface area contributed by atoms with Gasteiger partial charge in [-0.15, -0.1) is 0 Å². The summed E-state index contributed by atoms with van der Waals surface area (Å²) in [5, 5.41) is 2.78. The first kappa shape index (κ1) is 9.10. The number of carbonyl (C=O) groups is 1. The first-order chi connectivity index (χ1) is 5.83. The number of ether oxygens (including phenoxy) is 1. The smallest absolute Gasteiger partial charge is 0.247 e. The van der Waals surface area contributed by atoms with E-state index in [1.807, 2.05) is 6.92 Å². The molecule has 3 heteroatoms. The Hall–Kier alpha value is -0.990. The van der Waals surface area contributed by atoms with Crippen molar-refractivity contribution in [1.82, 2.24) is 5.32 Å². The summed E-state index contributed by atoms with van der Waals surface area (Å²) in [5.41, 5.74) is 0. The van der Waals surface area contributed by atoms with Gasteiger partial charge in [0.1, 0.15) is 5.76 Å². The second-order valence-electron chi connectivity index (χ2n) is 2.79. The highest BCUT2D eigenvalue weighted by Gasteiger charge is 2.05. The minimum absolute atomic E-state index is 0.0295. The van der Waals surface area contributed by atoms with Crippen molar-refractivity contribution in [3.63, 3.8) is 0 Å². The highest BCUT2D eigenvalue weighted by molar-refractivity contribution is 5.87. The molecule has 0 bridgehead atoms. The number of nitrogens with one attached hydrogen (secondary N) is 1. The van der Waals surface area contributed by atoms with Crippen molar-refractivity contribution in [2.75, 3.05) is 13.2 Å². The Labute approximate surface area is 72.8 Å². The van der Waals surface area contributed by atoms with Gasteiger partial charge in [-0.1, -0.05) is 0 Å². The Kier molecular flexibility index (Phi) is 3.64. The van der Waals surface area contributed by atoms with E-state index < -0.39 is 0 Å². The van der Waals surface area contributed by atoms with Gasteiger partial charge in [0.2, 0.25) is 5.91 Å². The third-order valence-electron chi connectivity index (χ3n) is 1.77. The van der Waals surface area contributed by atoms with Crippen LogP contribution in [0.2, 0.25) is 0 Å². The standard InChI is InChI=1S/C9H15NO2/c1-2-12-8-5-3-4-6-10-9(11)7-8/h7H,2-6H2,1H3,(H,10,11)/b8-7+. The van der Waals surface area contributed by atoms with E-state index in [1.54, 1.807) is 6.08 Å². The van der Waals surface area contributed by atoms with E-state index in [0.29, 0.717) is 6.61 Å². The molecular formula is C9H15NO2. The molecule has 1 aliphatic heterocycles. The summed E-state index contributed by atoms with van der Waals surface area (Å²) in [6.45, 7) is 3.35. The first-order valence-electron chi connectivity index (χ1n) is 4.44. The van der Waals surface area contributed by atoms with Gasteiger partial charge in [-0.05, 0) is 19.8 Å². The second kappa shape index (κ2) is 4.80.